The van der Waals surface area contributed by atoms with Gasteiger partial charge in [-0.3, -0.25) is 4.79 Å². The Morgan fingerprint density at radius 3 is 2.65 bits per heavy atom. The van der Waals surface area contributed by atoms with Crippen LogP contribution in [0.5, 0.6) is 5.75 Å². The highest BCUT2D eigenvalue weighted by Crippen LogP contribution is 2.30. The van der Waals surface area contributed by atoms with Gasteiger partial charge in [0.2, 0.25) is 0 Å². The van der Waals surface area contributed by atoms with E-state index in [1.165, 1.54) is 14.2 Å². The van der Waals surface area contributed by atoms with Crippen LogP contribution in [0.15, 0.2) is 35.3 Å². The number of aromatic amines is 2. The molecule has 0 aliphatic heterocycles. The quantitative estimate of drug-likeness (QED) is 0.715. The minimum atomic E-state index is -0.453. The summed E-state index contributed by atoms with van der Waals surface area (Å²) in [7, 11) is 2.81. The molecule has 0 unspecified atom stereocenters. The summed E-state index contributed by atoms with van der Waals surface area (Å²) in [6.45, 7) is 0. The molecular formula is C15H14ClN3O4. The second-order valence-corrected chi connectivity index (χ2v) is 4.56. The fourth-order valence-corrected chi connectivity index (χ4v) is 2.21. The number of pyridine rings is 1. The second kappa shape index (κ2) is 6.53. The zero-order chi connectivity index (χ0) is 15.7. The molecule has 0 fully saturated rings. The predicted octanol–water partition coefficient (Wildman–Crippen LogP) is 2.14. The van der Waals surface area contributed by atoms with Crippen LogP contribution < -0.4 is 10.3 Å². The van der Waals surface area contributed by atoms with Gasteiger partial charge in [-0.25, -0.2) is 9.78 Å². The molecule has 0 aliphatic rings. The minimum absolute atomic E-state index is 0. The molecule has 0 radical (unpaired) electrons. The number of H-pyrrole nitrogens is 2. The number of nitrogens with one attached hydrogen (secondary N) is 2. The monoisotopic (exact) mass is 335 g/mol. The number of benzene rings is 1. The highest BCUT2D eigenvalue weighted by Gasteiger charge is 2.15. The van der Waals surface area contributed by atoms with Crippen molar-refractivity contribution in [2.45, 2.75) is 0 Å². The number of nitrogens with zero attached hydrogens (tertiary/aromatic N) is 1. The van der Waals surface area contributed by atoms with E-state index in [1.54, 1.807) is 30.5 Å². The highest BCUT2D eigenvalue weighted by atomic mass is 35.5. The summed E-state index contributed by atoms with van der Waals surface area (Å²) in [5.74, 6) is 0.490. The summed E-state index contributed by atoms with van der Waals surface area (Å²) < 4.78 is 9.99. The molecule has 2 N–H and O–H groups in total. The number of halogens is 1. The van der Waals surface area contributed by atoms with Gasteiger partial charge in [0, 0.05) is 6.20 Å². The van der Waals surface area contributed by atoms with Crippen LogP contribution in [-0.4, -0.2) is 35.1 Å². The number of methoxy groups -OCH3 is 2. The summed E-state index contributed by atoms with van der Waals surface area (Å²) in [5.41, 5.74) is 1.68. The van der Waals surface area contributed by atoms with Crippen LogP contribution in [0.3, 0.4) is 0 Å². The Morgan fingerprint density at radius 1 is 1.22 bits per heavy atom. The molecule has 23 heavy (non-hydrogen) atoms. The summed E-state index contributed by atoms with van der Waals surface area (Å²) in [6.07, 6.45) is 1.55. The van der Waals surface area contributed by atoms with Crippen LogP contribution in [0.25, 0.3) is 22.4 Å². The lowest BCUT2D eigenvalue weighted by Gasteiger charge is -2.08. The van der Waals surface area contributed by atoms with E-state index in [0.717, 1.165) is 0 Å². The number of imidazole rings is 1. The number of hydrogen-bond acceptors (Lipinski definition) is 5. The molecule has 1 aromatic carbocycles. The first-order chi connectivity index (χ1) is 10.6. The number of rotatable bonds is 3. The van der Waals surface area contributed by atoms with E-state index >= 15 is 0 Å². The van der Waals surface area contributed by atoms with Crippen molar-refractivity contribution in [1.82, 2.24) is 15.0 Å². The second-order valence-electron chi connectivity index (χ2n) is 4.56. The number of carbonyl (C=O) groups excluding carboxylic acids is 1. The lowest BCUT2D eigenvalue weighted by atomic mass is 10.1. The van der Waals surface area contributed by atoms with Crippen LogP contribution in [0.4, 0.5) is 0 Å². The van der Waals surface area contributed by atoms with Gasteiger partial charge in [0.05, 0.1) is 30.9 Å². The van der Waals surface area contributed by atoms with Crippen molar-refractivity contribution in [2.75, 3.05) is 14.2 Å². The zero-order valence-electron chi connectivity index (χ0n) is 12.4. The van der Waals surface area contributed by atoms with Gasteiger partial charge in [0.1, 0.15) is 11.6 Å². The van der Waals surface area contributed by atoms with Crippen molar-refractivity contribution in [3.05, 3.63) is 46.4 Å². The maximum absolute atomic E-state index is 11.7. The standard InChI is InChI=1S/C15H13N3O4.ClH/c1-21-11-7-8(15(20)22-2)3-4-9(11)13-17-10-5-6-16-14(19)12(10)18-13;/h3-7H,1-2H3,(H,16,19)(H,17,18);1H. The molecule has 0 saturated carbocycles. The van der Waals surface area contributed by atoms with E-state index in [1.807, 2.05) is 0 Å². The van der Waals surface area contributed by atoms with Gasteiger partial charge in [-0.05, 0) is 24.3 Å². The number of carbonyl (C=O) groups is 1. The number of ether oxygens (including phenoxy) is 2. The lowest BCUT2D eigenvalue weighted by Crippen LogP contribution is -2.04. The average Bonchev–Trinajstić information content (AvgIpc) is 2.99. The number of fused-ring (bicyclic) bond motifs is 1. The van der Waals surface area contributed by atoms with E-state index in [-0.39, 0.29) is 18.0 Å². The predicted molar refractivity (Wildman–Crippen MR) is 87.3 cm³/mol. The maximum Gasteiger partial charge on any atom is 0.337 e. The van der Waals surface area contributed by atoms with Crippen LogP contribution >= 0.6 is 12.4 Å². The number of aromatic nitrogens is 3. The summed E-state index contributed by atoms with van der Waals surface area (Å²) >= 11 is 0. The van der Waals surface area contributed by atoms with Crippen LogP contribution in [0, 0.1) is 0 Å². The van der Waals surface area contributed by atoms with Crippen molar-refractivity contribution in [3.63, 3.8) is 0 Å². The molecule has 7 nitrogen and oxygen atoms in total. The van der Waals surface area contributed by atoms with Gasteiger partial charge in [0.25, 0.3) is 5.56 Å². The van der Waals surface area contributed by atoms with Gasteiger partial charge in [-0.1, -0.05) is 0 Å². The SMILES string of the molecule is COC(=O)c1ccc(-c2nc3c(=O)[nH]ccc3[nH]2)c(OC)c1.Cl. The number of esters is 1. The molecule has 2 aromatic heterocycles. The topological polar surface area (TPSA) is 97.1 Å². The van der Waals surface area contributed by atoms with Crippen LogP contribution in [0.2, 0.25) is 0 Å². The molecule has 3 rings (SSSR count). The van der Waals surface area contributed by atoms with Crippen molar-refractivity contribution < 1.29 is 14.3 Å². The molecule has 0 spiro atoms. The van der Waals surface area contributed by atoms with Crippen molar-refractivity contribution in [3.8, 4) is 17.1 Å². The van der Waals surface area contributed by atoms with Gasteiger partial charge in [-0.2, -0.15) is 0 Å². The molecule has 0 aliphatic carbocycles. The van der Waals surface area contributed by atoms with E-state index in [2.05, 4.69) is 19.7 Å². The third kappa shape index (κ3) is 2.91. The number of hydrogen-bond donors (Lipinski definition) is 2. The molecule has 0 atom stereocenters. The van der Waals surface area contributed by atoms with Crippen LogP contribution in [0.1, 0.15) is 10.4 Å². The van der Waals surface area contributed by atoms with Crippen LogP contribution in [-0.2, 0) is 4.74 Å². The first kappa shape index (κ1) is 16.6. The minimum Gasteiger partial charge on any atom is -0.496 e. The van der Waals surface area contributed by atoms with E-state index in [0.29, 0.717) is 33.7 Å². The van der Waals surface area contributed by atoms with Gasteiger partial charge in [-0.15, -0.1) is 12.4 Å². The normalized spacial score (nSPS) is 10.2. The third-order valence-corrected chi connectivity index (χ3v) is 3.29. The average molecular weight is 336 g/mol. The van der Waals surface area contributed by atoms with E-state index in [9.17, 15) is 9.59 Å². The van der Waals surface area contributed by atoms with Gasteiger partial charge in [0.15, 0.2) is 5.52 Å². The van der Waals surface area contributed by atoms with E-state index in [4.69, 9.17) is 4.74 Å². The zero-order valence-corrected chi connectivity index (χ0v) is 13.2. The Labute approximate surface area is 137 Å². The Bertz CT molecular complexity index is 916. The Balaban J connectivity index is 0.00000192. The fourth-order valence-electron chi connectivity index (χ4n) is 2.21. The van der Waals surface area contributed by atoms with Gasteiger partial charge < -0.3 is 19.4 Å². The molecule has 0 saturated heterocycles. The lowest BCUT2D eigenvalue weighted by molar-refractivity contribution is 0.0600. The fraction of sp³-hybridized carbons (Fsp3) is 0.133. The van der Waals surface area contributed by atoms with Crippen molar-refractivity contribution in [2.24, 2.45) is 0 Å². The van der Waals surface area contributed by atoms with Crippen molar-refractivity contribution in [1.29, 1.82) is 0 Å². The Hall–Kier alpha value is -2.80. The molecule has 8 heteroatoms. The maximum atomic E-state index is 11.7. The molecule has 0 amide bonds. The Kier molecular flexibility index (Phi) is 4.71. The summed E-state index contributed by atoms with van der Waals surface area (Å²) in [5, 5.41) is 0. The summed E-state index contributed by atoms with van der Waals surface area (Å²) in [6, 6.07) is 6.60. The highest BCUT2D eigenvalue weighted by molar-refractivity contribution is 5.91. The summed E-state index contributed by atoms with van der Waals surface area (Å²) in [4.78, 5) is 33.2. The molecular weight excluding hydrogens is 322 g/mol. The largest absolute Gasteiger partial charge is 0.496 e. The molecule has 120 valence electrons. The molecule has 2 heterocycles. The first-order valence-corrected chi connectivity index (χ1v) is 6.48. The Morgan fingerprint density at radius 2 is 2.00 bits per heavy atom. The molecule has 0 bridgehead atoms. The van der Waals surface area contributed by atoms with E-state index < -0.39 is 5.97 Å². The van der Waals surface area contributed by atoms with Crippen molar-refractivity contribution >= 4 is 29.4 Å². The molecule has 3 aromatic rings. The first-order valence-electron chi connectivity index (χ1n) is 6.48. The smallest absolute Gasteiger partial charge is 0.337 e. The van der Waals surface area contributed by atoms with Gasteiger partial charge >= 0.3 is 5.97 Å². The third-order valence-electron chi connectivity index (χ3n) is 3.29.